The van der Waals surface area contributed by atoms with Crippen LogP contribution < -0.4 is 0 Å². The van der Waals surface area contributed by atoms with Crippen LogP contribution in [0, 0.1) is 0 Å². The maximum atomic E-state index is 12.6. The van der Waals surface area contributed by atoms with Gasteiger partial charge >= 0.3 is 0 Å². The van der Waals surface area contributed by atoms with E-state index in [1.807, 2.05) is 4.90 Å². The Morgan fingerprint density at radius 2 is 1.90 bits per heavy atom. The van der Waals surface area contributed by atoms with Gasteiger partial charge in [0.05, 0.1) is 0 Å². The van der Waals surface area contributed by atoms with Crippen molar-refractivity contribution in [3.05, 3.63) is 29.1 Å². The molecule has 0 aliphatic carbocycles. The fraction of sp³-hybridized carbons (Fsp3) is 0.500. The van der Waals surface area contributed by atoms with E-state index in [0.717, 1.165) is 38.8 Å². The summed E-state index contributed by atoms with van der Waals surface area (Å²) in [4.78, 5) is 18.6. The van der Waals surface area contributed by atoms with Crippen molar-refractivity contribution in [3.8, 4) is 0 Å². The minimum absolute atomic E-state index is 0.0475. The Morgan fingerprint density at radius 1 is 1.24 bits per heavy atom. The summed E-state index contributed by atoms with van der Waals surface area (Å²) in [7, 11) is 0. The van der Waals surface area contributed by atoms with Gasteiger partial charge < -0.3 is 9.32 Å². The lowest BCUT2D eigenvalue weighted by Crippen LogP contribution is -2.32. The van der Waals surface area contributed by atoms with Gasteiger partial charge in [-0.1, -0.05) is 26.7 Å². The number of unbranched alkanes of at least 4 members (excludes halogenated alkanes) is 2. The third-order valence-corrected chi connectivity index (χ3v) is 3.62. The van der Waals surface area contributed by atoms with Crippen molar-refractivity contribution in [3.63, 3.8) is 0 Å². The lowest BCUT2D eigenvalue weighted by Gasteiger charge is -2.22. The van der Waals surface area contributed by atoms with Gasteiger partial charge in [0, 0.05) is 18.7 Å². The molecule has 0 saturated heterocycles. The standard InChI is InChI=1S/C16H21ClN2O2/c1-3-5-9-19(10-6-4-2)15(20)12-7-8-13-14(11-12)21-16(17)18-13/h7-8,11H,3-6,9-10H2,1-2H3. The third kappa shape index (κ3) is 3.97. The van der Waals surface area contributed by atoms with E-state index in [9.17, 15) is 4.79 Å². The molecule has 0 aliphatic rings. The summed E-state index contributed by atoms with van der Waals surface area (Å²) in [5.74, 6) is 0.0475. The van der Waals surface area contributed by atoms with Crippen molar-refractivity contribution in [2.75, 3.05) is 13.1 Å². The average molecular weight is 309 g/mol. The van der Waals surface area contributed by atoms with E-state index in [0.29, 0.717) is 16.7 Å². The van der Waals surface area contributed by atoms with E-state index < -0.39 is 0 Å². The number of aromatic nitrogens is 1. The number of hydrogen-bond acceptors (Lipinski definition) is 3. The second-order valence-electron chi connectivity index (χ2n) is 5.15. The average Bonchev–Trinajstić information content (AvgIpc) is 2.85. The predicted octanol–water partition coefficient (Wildman–Crippen LogP) is 4.52. The number of oxazole rings is 1. The molecule has 0 radical (unpaired) electrons. The van der Waals surface area contributed by atoms with Crippen molar-refractivity contribution in [1.29, 1.82) is 0 Å². The highest BCUT2D eigenvalue weighted by Gasteiger charge is 2.16. The van der Waals surface area contributed by atoms with Crippen molar-refractivity contribution in [2.24, 2.45) is 0 Å². The van der Waals surface area contributed by atoms with E-state index in [-0.39, 0.29) is 11.3 Å². The third-order valence-electron chi connectivity index (χ3n) is 3.46. The maximum Gasteiger partial charge on any atom is 0.293 e. The fourth-order valence-corrected chi connectivity index (χ4v) is 2.40. The molecule has 1 heterocycles. The zero-order valence-electron chi connectivity index (χ0n) is 12.6. The van der Waals surface area contributed by atoms with Gasteiger partial charge in [0.1, 0.15) is 5.52 Å². The monoisotopic (exact) mass is 308 g/mol. The summed E-state index contributed by atoms with van der Waals surface area (Å²) in [5.41, 5.74) is 1.85. The molecular weight excluding hydrogens is 288 g/mol. The van der Waals surface area contributed by atoms with E-state index >= 15 is 0 Å². The Morgan fingerprint density at radius 3 is 2.52 bits per heavy atom. The number of carbonyl (C=O) groups is 1. The number of benzene rings is 1. The number of amides is 1. The molecule has 21 heavy (non-hydrogen) atoms. The second kappa shape index (κ2) is 7.46. The van der Waals surface area contributed by atoms with Crippen LogP contribution >= 0.6 is 11.6 Å². The Labute approximate surface area is 130 Å². The lowest BCUT2D eigenvalue weighted by atomic mass is 10.1. The Hall–Kier alpha value is -1.55. The van der Waals surface area contributed by atoms with Crippen LogP contribution in [0.15, 0.2) is 22.6 Å². The first-order chi connectivity index (χ1) is 10.2. The molecule has 0 fully saturated rings. The Balaban J connectivity index is 2.19. The van der Waals surface area contributed by atoms with Crippen LogP contribution in [0.5, 0.6) is 0 Å². The van der Waals surface area contributed by atoms with Crippen LogP contribution in [0.1, 0.15) is 49.9 Å². The van der Waals surface area contributed by atoms with Gasteiger partial charge in [0.15, 0.2) is 5.58 Å². The predicted molar refractivity (Wildman–Crippen MR) is 84.7 cm³/mol. The number of rotatable bonds is 7. The van der Waals surface area contributed by atoms with Gasteiger partial charge in [0.2, 0.25) is 0 Å². The van der Waals surface area contributed by atoms with E-state index in [2.05, 4.69) is 18.8 Å². The van der Waals surface area contributed by atoms with Crippen molar-refractivity contribution in [1.82, 2.24) is 9.88 Å². The zero-order chi connectivity index (χ0) is 15.2. The topological polar surface area (TPSA) is 46.3 Å². The molecular formula is C16H21ClN2O2. The molecule has 0 N–H and O–H groups in total. The minimum Gasteiger partial charge on any atom is -0.428 e. The first kappa shape index (κ1) is 15.8. The molecule has 0 bridgehead atoms. The first-order valence-corrected chi connectivity index (χ1v) is 7.88. The number of nitrogens with zero attached hydrogens (tertiary/aromatic N) is 2. The van der Waals surface area contributed by atoms with Gasteiger partial charge in [-0.25, -0.2) is 0 Å². The summed E-state index contributed by atoms with van der Waals surface area (Å²) in [6.07, 6.45) is 4.19. The number of hydrogen-bond donors (Lipinski definition) is 0. The van der Waals surface area contributed by atoms with E-state index in [1.165, 1.54) is 0 Å². The van der Waals surface area contributed by atoms with Gasteiger partial charge in [-0.2, -0.15) is 4.98 Å². The number of halogens is 1. The van der Waals surface area contributed by atoms with Gasteiger partial charge in [-0.05, 0) is 42.6 Å². The highest BCUT2D eigenvalue weighted by Crippen LogP contribution is 2.21. The summed E-state index contributed by atoms with van der Waals surface area (Å²) >= 11 is 5.74. The molecule has 0 spiro atoms. The molecule has 1 aromatic heterocycles. The smallest absolute Gasteiger partial charge is 0.293 e. The maximum absolute atomic E-state index is 12.6. The fourth-order valence-electron chi connectivity index (χ4n) is 2.22. The summed E-state index contributed by atoms with van der Waals surface area (Å²) in [6.45, 7) is 5.85. The second-order valence-corrected chi connectivity index (χ2v) is 5.47. The van der Waals surface area contributed by atoms with Crippen molar-refractivity contribution in [2.45, 2.75) is 39.5 Å². The van der Waals surface area contributed by atoms with Crippen LogP contribution in [0.2, 0.25) is 5.35 Å². The van der Waals surface area contributed by atoms with Crippen molar-refractivity contribution >= 4 is 28.6 Å². The van der Waals surface area contributed by atoms with E-state index in [4.69, 9.17) is 16.0 Å². The zero-order valence-corrected chi connectivity index (χ0v) is 13.3. The molecule has 0 saturated carbocycles. The number of fused-ring (bicyclic) bond motifs is 1. The first-order valence-electron chi connectivity index (χ1n) is 7.51. The van der Waals surface area contributed by atoms with Crippen LogP contribution in [0.3, 0.4) is 0 Å². The van der Waals surface area contributed by atoms with E-state index in [1.54, 1.807) is 18.2 Å². The molecule has 5 heteroatoms. The molecule has 0 unspecified atom stereocenters. The highest BCUT2D eigenvalue weighted by atomic mass is 35.5. The molecule has 2 aromatic rings. The van der Waals surface area contributed by atoms with Crippen LogP contribution in [0.4, 0.5) is 0 Å². The summed E-state index contributed by atoms with van der Waals surface area (Å²) in [6, 6.07) is 5.28. The van der Waals surface area contributed by atoms with Crippen LogP contribution in [-0.4, -0.2) is 28.9 Å². The van der Waals surface area contributed by atoms with Gasteiger partial charge in [-0.3, -0.25) is 4.79 Å². The summed E-state index contributed by atoms with van der Waals surface area (Å²) < 4.78 is 5.28. The number of carbonyl (C=O) groups excluding carboxylic acids is 1. The molecule has 114 valence electrons. The summed E-state index contributed by atoms with van der Waals surface area (Å²) in [5, 5.41) is 0.100. The molecule has 0 atom stereocenters. The van der Waals surface area contributed by atoms with Crippen LogP contribution in [0.25, 0.3) is 11.1 Å². The molecule has 0 aliphatic heterocycles. The normalized spacial score (nSPS) is 11.0. The van der Waals surface area contributed by atoms with Gasteiger partial charge in [0.25, 0.3) is 11.3 Å². The molecule has 1 aromatic carbocycles. The quantitative estimate of drug-likeness (QED) is 0.755. The lowest BCUT2D eigenvalue weighted by molar-refractivity contribution is 0.0751. The molecule has 4 nitrogen and oxygen atoms in total. The van der Waals surface area contributed by atoms with Gasteiger partial charge in [-0.15, -0.1) is 0 Å². The molecule has 2 rings (SSSR count). The highest BCUT2D eigenvalue weighted by molar-refractivity contribution is 6.28. The SMILES string of the molecule is CCCCN(CCCC)C(=O)c1ccc2nc(Cl)oc2c1. The van der Waals surface area contributed by atoms with Crippen LogP contribution in [-0.2, 0) is 0 Å². The van der Waals surface area contributed by atoms with Crippen molar-refractivity contribution < 1.29 is 9.21 Å². The minimum atomic E-state index is 0.0475. The molecule has 1 amide bonds. The Kier molecular flexibility index (Phi) is 5.62. The Bertz CT molecular complexity index is 601. The largest absolute Gasteiger partial charge is 0.428 e.